The molecule has 132 valence electrons. The summed E-state index contributed by atoms with van der Waals surface area (Å²) in [6, 6.07) is 9.04. The molecule has 4 N–H and O–H groups in total. The number of carbonyl (C=O) groups excluding carboxylic acids is 2. The van der Waals surface area contributed by atoms with E-state index < -0.39 is 6.03 Å². The molecule has 2 aromatic carbocycles. The number of halogens is 2. The van der Waals surface area contributed by atoms with Gasteiger partial charge < -0.3 is 21.1 Å². The minimum absolute atomic E-state index is 0.259. The Morgan fingerprint density at radius 2 is 1.68 bits per heavy atom. The number of amides is 3. The summed E-state index contributed by atoms with van der Waals surface area (Å²) in [6.07, 6.45) is 0. The van der Waals surface area contributed by atoms with Crippen LogP contribution < -0.4 is 21.1 Å². The molecular formula is C17H17Cl2N3O3. The highest BCUT2D eigenvalue weighted by molar-refractivity contribution is 6.37. The van der Waals surface area contributed by atoms with E-state index in [4.69, 9.17) is 33.7 Å². The van der Waals surface area contributed by atoms with E-state index in [-0.39, 0.29) is 22.0 Å². The fraction of sp³-hybridized carbons (Fsp3) is 0.176. The van der Waals surface area contributed by atoms with E-state index in [9.17, 15) is 9.59 Å². The predicted molar refractivity (Wildman–Crippen MR) is 98.5 cm³/mol. The molecule has 2 aromatic rings. The molecule has 6 nitrogen and oxygen atoms in total. The second-order valence-corrected chi connectivity index (χ2v) is 6.09. The third-order valence-electron chi connectivity index (χ3n) is 3.49. The first-order valence-electron chi connectivity index (χ1n) is 7.32. The molecule has 0 saturated carbocycles. The smallest absolute Gasteiger partial charge is 0.316 e. The third kappa shape index (κ3) is 4.78. The average Bonchev–Trinajstić information content (AvgIpc) is 2.54. The average molecular weight is 382 g/mol. The number of hydrogen-bond acceptors (Lipinski definition) is 3. The molecule has 2 rings (SSSR count). The summed E-state index contributed by atoms with van der Waals surface area (Å²) < 4.78 is 5.07. The number of urea groups is 1. The van der Waals surface area contributed by atoms with Gasteiger partial charge in [-0.25, -0.2) is 4.79 Å². The van der Waals surface area contributed by atoms with Crippen molar-refractivity contribution in [2.24, 2.45) is 5.73 Å². The lowest BCUT2D eigenvalue weighted by Gasteiger charge is -2.16. The number of anilines is 1. The van der Waals surface area contributed by atoms with Crippen molar-refractivity contribution in [3.8, 4) is 5.75 Å². The maximum absolute atomic E-state index is 12.4. The molecule has 0 aromatic heterocycles. The Morgan fingerprint density at radius 3 is 2.16 bits per heavy atom. The number of carbonyl (C=O) groups is 2. The summed E-state index contributed by atoms with van der Waals surface area (Å²) in [5.74, 6) is 0.00348. The SMILES string of the molecule is COc1c(Cl)cc(C(=O)NC(C)c2ccc(NC(N)=O)cc2)cc1Cl. The Balaban J connectivity index is 2.11. The van der Waals surface area contributed by atoms with Gasteiger partial charge in [0.15, 0.2) is 5.75 Å². The first kappa shape index (κ1) is 18.9. The molecule has 0 bridgehead atoms. The number of benzene rings is 2. The number of rotatable bonds is 5. The monoisotopic (exact) mass is 381 g/mol. The number of primary amides is 1. The number of nitrogens with one attached hydrogen (secondary N) is 2. The Hall–Kier alpha value is -2.44. The second kappa shape index (κ2) is 8.09. The van der Waals surface area contributed by atoms with Gasteiger partial charge in [-0.15, -0.1) is 0 Å². The van der Waals surface area contributed by atoms with E-state index in [2.05, 4.69) is 10.6 Å². The van der Waals surface area contributed by atoms with E-state index >= 15 is 0 Å². The van der Waals surface area contributed by atoms with Gasteiger partial charge in [0.1, 0.15) is 0 Å². The topological polar surface area (TPSA) is 93.4 Å². The highest BCUT2D eigenvalue weighted by Crippen LogP contribution is 2.33. The van der Waals surface area contributed by atoms with Crippen LogP contribution in [0.1, 0.15) is 28.9 Å². The highest BCUT2D eigenvalue weighted by Gasteiger charge is 2.16. The van der Waals surface area contributed by atoms with Crippen LogP contribution in [0.3, 0.4) is 0 Å². The zero-order valence-corrected chi connectivity index (χ0v) is 15.1. The number of ether oxygens (including phenoxy) is 1. The lowest BCUT2D eigenvalue weighted by atomic mass is 10.1. The fourth-order valence-electron chi connectivity index (χ4n) is 2.25. The summed E-state index contributed by atoms with van der Waals surface area (Å²) in [5.41, 5.74) is 6.82. The van der Waals surface area contributed by atoms with Gasteiger partial charge in [-0.3, -0.25) is 4.79 Å². The molecule has 1 atom stereocenters. The van der Waals surface area contributed by atoms with E-state index in [0.717, 1.165) is 5.56 Å². The summed E-state index contributed by atoms with van der Waals surface area (Å²) in [7, 11) is 1.45. The number of methoxy groups -OCH3 is 1. The molecule has 25 heavy (non-hydrogen) atoms. The Bertz CT molecular complexity index is 771. The molecule has 0 fully saturated rings. The van der Waals surface area contributed by atoms with Crippen LogP contribution >= 0.6 is 23.2 Å². The summed E-state index contributed by atoms with van der Waals surface area (Å²) in [6.45, 7) is 1.83. The van der Waals surface area contributed by atoms with Crippen molar-refractivity contribution in [1.82, 2.24) is 5.32 Å². The lowest BCUT2D eigenvalue weighted by molar-refractivity contribution is 0.0940. The molecule has 0 aliphatic carbocycles. The van der Waals surface area contributed by atoms with Crippen LogP contribution in [-0.4, -0.2) is 19.0 Å². The molecular weight excluding hydrogens is 365 g/mol. The lowest BCUT2D eigenvalue weighted by Crippen LogP contribution is -2.26. The normalized spacial score (nSPS) is 11.5. The Kier molecular flexibility index (Phi) is 6.12. The highest BCUT2D eigenvalue weighted by atomic mass is 35.5. The van der Waals surface area contributed by atoms with E-state index in [0.29, 0.717) is 17.0 Å². The molecule has 1 unspecified atom stereocenters. The second-order valence-electron chi connectivity index (χ2n) is 5.28. The minimum Gasteiger partial charge on any atom is -0.494 e. The summed E-state index contributed by atoms with van der Waals surface area (Å²) in [4.78, 5) is 23.2. The van der Waals surface area contributed by atoms with Gasteiger partial charge >= 0.3 is 6.03 Å². The Labute approximate surface area is 155 Å². The maximum Gasteiger partial charge on any atom is 0.316 e. The van der Waals surface area contributed by atoms with Gasteiger partial charge in [0.05, 0.1) is 23.2 Å². The van der Waals surface area contributed by atoms with Gasteiger partial charge in [-0.1, -0.05) is 35.3 Å². The van der Waals surface area contributed by atoms with Crippen LogP contribution in [0.2, 0.25) is 10.0 Å². The molecule has 8 heteroatoms. The van der Waals surface area contributed by atoms with Crippen molar-refractivity contribution in [2.45, 2.75) is 13.0 Å². The van der Waals surface area contributed by atoms with Crippen molar-refractivity contribution in [3.63, 3.8) is 0 Å². The number of nitrogens with two attached hydrogens (primary N) is 1. The van der Waals surface area contributed by atoms with Crippen molar-refractivity contribution in [3.05, 3.63) is 57.6 Å². The molecule has 0 saturated heterocycles. The van der Waals surface area contributed by atoms with Gasteiger partial charge in [0.2, 0.25) is 0 Å². The van der Waals surface area contributed by atoms with Crippen LogP contribution in [0.5, 0.6) is 5.75 Å². The van der Waals surface area contributed by atoms with Gasteiger partial charge in [-0.2, -0.15) is 0 Å². The summed E-state index contributed by atoms with van der Waals surface area (Å²) >= 11 is 12.1. The van der Waals surface area contributed by atoms with Crippen molar-refractivity contribution >= 4 is 40.8 Å². The number of hydrogen-bond donors (Lipinski definition) is 3. The van der Waals surface area contributed by atoms with Crippen molar-refractivity contribution in [2.75, 3.05) is 12.4 Å². The molecule has 0 spiro atoms. The Morgan fingerprint density at radius 1 is 1.12 bits per heavy atom. The van der Waals surface area contributed by atoms with E-state index in [1.54, 1.807) is 24.3 Å². The summed E-state index contributed by atoms with van der Waals surface area (Å²) in [5, 5.41) is 5.84. The third-order valence-corrected chi connectivity index (χ3v) is 4.05. The maximum atomic E-state index is 12.4. The minimum atomic E-state index is -0.637. The first-order chi connectivity index (χ1) is 11.8. The largest absolute Gasteiger partial charge is 0.494 e. The quantitative estimate of drug-likeness (QED) is 0.730. The van der Waals surface area contributed by atoms with E-state index in [1.165, 1.54) is 19.2 Å². The van der Waals surface area contributed by atoms with Crippen LogP contribution in [0, 0.1) is 0 Å². The first-order valence-corrected chi connectivity index (χ1v) is 8.07. The van der Waals surface area contributed by atoms with Crippen LogP contribution in [0.15, 0.2) is 36.4 Å². The molecule has 0 aliphatic heterocycles. The van der Waals surface area contributed by atoms with Gasteiger partial charge in [0.25, 0.3) is 5.91 Å². The van der Waals surface area contributed by atoms with Crippen molar-refractivity contribution in [1.29, 1.82) is 0 Å². The van der Waals surface area contributed by atoms with E-state index in [1.807, 2.05) is 6.92 Å². The predicted octanol–water partition coefficient (Wildman–Crippen LogP) is 3.98. The fourth-order valence-corrected chi connectivity index (χ4v) is 2.89. The molecule has 0 heterocycles. The molecule has 0 radical (unpaired) electrons. The standard InChI is InChI=1S/C17H17Cl2N3O3/c1-9(10-3-5-12(6-4-10)22-17(20)24)21-16(23)11-7-13(18)15(25-2)14(19)8-11/h3-9H,1-2H3,(H,21,23)(H3,20,22,24). The van der Waals surface area contributed by atoms with Gasteiger partial charge in [0, 0.05) is 11.3 Å². The van der Waals surface area contributed by atoms with Crippen molar-refractivity contribution < 1.29 is 14.3 Å². The van der Waals surface area contributed by atoms with Gasteiger partial charge in [-0.05, 0) is 36.8 Å². The van der Waals surface area contributed by atoms with Crippen LogP contribution in [-0.2, 0) is 0 Å². The van der Waals surface area contributed by atoms with Crippen LogP contribution in [0.4, 0.5) is 10.5 Å². The van der Waals surface area contributed by atoms with Crippen LogP contribution in [0.25, 0.3) is 0 Å². The molecule has 3 amide bonds. The zero-order valence-electron chi connectivity index (χ0n) is 13.6. The zero-order chi connectivity index (χ0) is 18.6. The molecule has 0 aliphatic rings.